The Morgan fingerprint density at radius 3 is 1.90 bits per heavy atom. The molecule has 0 bridgehead atoms. The normalized spacial score (nSPS) is 12.9. The number of carbonyl (C=O) groups excluding carboxylic acids is 2. The Kier molecular flexibility index (Phi) is 10.1. The number of Topliss-reactive ketones (excluding diaryl/α,β-unsaturated/α-hetero) is 1. The quantitative estimate of drug-likeness (QED) is 0.393. The first-order chi connectivity index (χ1) is 15.0. The van der Waals surface area contributed by atoms with Crippen molar-refractivity contribution in [1.82, 2.24) is 5.32 Å². The molecule has 0 amide bonds. The minimum Gasteiger partial charge on any atom is -0.496 e. The van der Waals surface area contributed by atoms with Crippen molar-refractivity contribution >= 4 is 17.5 Å². The maximum Gasteiger partial charge on any atom is 0.303 e. The van der Waals surface area contributed by atoms with E-state index >= 15 is 0 Å². The van der Waals surface area contributed by atoms with E-state index in [1.165, 1.54) is 20.3 Å². The van der Waals surface area contributed by atoms with Crippen LogP contribution in [0, 0.1) is 0 Å². The lowest BCUT2D eigenvalue weighted by atomic mass is 9.90. The second kappa shape index (κ2) is 12.8. The predicted molar refractivity (Wildman–Crippen MR) is 118 cm³/mol. The van der Waals surface area contributed by atoms with Gasteiger partial charge in [0.2, 0.25) is 5.78 Å². The van der Waals surface area contributed by atoms with E-state index in [2.05, 4.69) is 5.32 Å². The zero-order chi connectivity index (χ0) is 22.6. The number of carboxylic acids is 1. The maximum atomic E-state index is 12.9. The van der Waals surface area contributed by atoms with Gasteiger partial charge in [-0.2, -0.15) is 0 Å². The number of methoxy groups -OCH3 is 2. The van der Waals surface area contributed by atoms with E-state index in [1.54, 1.807) is 12.1 Å². The summed E-state index contributed by atoms with van der Waals surface area (Å²) >= 11 is 0. The molecule has 0 saturated heterocycles. The number of hydrogen-bond acceptors (Lipinski definition) is 6. The number of allylic oxidation sites excluding steroid dienone is 2. The molecular formula is C24H33NO6. The van der Waals surface area contributed by atoms with Crippen LogP contribution < -0.4 is 14.8 Å². The van der Waals surface area contributed by atoms with Crippen LogP contribution in [0.4, 0.5) is 0 Å². The Morgan fingerprint density at radius 1 is 0.839 bits per heavy atom. The average molecular weight is 432 g/mol. The fraction of sp³-hybridized carbons (Fsp3) is 0.542. The number of nitrogens with one attached hydrogen (secondary N) is 1. The number of fused-ring (bicyclic) bond motifs is 1. The summed E-state index contributed by atoms with van der Waals surface area (Å²) in [5.74, 6) is -0.507. The van der Waals surface area contributed by atoms with Crippen molar-refractivity contribution in [3.05, 3.63) is 35.0 Å². The number of carboxylic acid groups (broad SMARTS) is 1. The molecule has 2 N–H and O–H groups in total. The first kappa shape index (κ1) is 24.4. The van der Waals surface area contributed by atoms with E-state index in [-0.39, 0.29) is 29.1 Å². The van der Waals surface area contributed by atoms with Gasteiger partial charge in [-0.1, -0.05) is 44.9 Å². The van der Waals surface area contributed by atoms with Gasteiger partial charge in [-0.25, -0.2) is 0 Å². The molecule has 0 saturated carbocycles. The molecule has 0 aliphatic heterocycles. The van der Waals surface area contributed by atoms with Crippen LogP contribution in [0.2, 0.25) is 0 Å². The molecule has 0 fully saturated rings. The molecule has 0 heterocycles. The van der Waals surface area contributed by atoms with Crippen LogP contribution in [0.5, 0.6) is 11.5 Å². The van der Waals surface area contributed by atoms with Gasteiger partial charge in [0.1, 0.15) is 11.5 Å². The van der Waals surface area contributed by atoms with Gasteiger partial charge in [0.15, 0.2) is 5.78 Å². The summed E-state index contributed by atoms with van der Waals surface area (Å²) in [6.45, 7) is 0.627. The summed E-state index contributed by atoms with van der Waals surface area (Å²) in [6.07, 6.45) is 11.0. The van der Waals surface area contributed by atoms with Gasteiger partial charge in [0.25, 0.3) is 0 Å². The highest BCUT2D eigenvalue weighted by Crippen LogP contribution is 2.35. The Labute approximate surface area is 183 Å². The lowest BCUT2D eigenvalue weighted by Crippen LogP contribution is -2.28. The number of unbranched alkanes of at least 4 members (excludes halogenated alkanes) is 8. The summed E-state index contributed by atoms with van der Waals surface area (Å²) in [5, 5.41) is 11.7. The number of aliphatic carboxylic acids is 1. The zero-order valence-electron chi connectivity index (χ0n) is 18.5. The Bertz CT molecular complexity index is 815. The lowest BCUT2D eigenvalue weighted by Gasteiger charge is -2.20. The van der Waals surface area contributed by atoms with Gasteiger partial charge in [0, 0.05) is 19.0 Å². The van der Waals surface area contributed by atoms with Crippen LogP contribution in [0.25, 0.3) is 0 Å². The highest BCUT2D eigenvalue weighted by atomic mass is 16.5. The summed E-state index contributed by atoms with van der Waals surface area (Å²) in [6, 6.07) is 3.27. The van der Waals surface area contributed by atoms with Crippen LogP contribution in [0.15, 0.2) is 23.9 Å². The van der Waals surface area contributed by atoms with E-state index in [0.717, 1.165) is 57.8 Å². The molecule has 0 unspecified atom stereocenters. The minimum absolute atomic E-state index is 0.250. The first-order valence-corrected chi connectivity index (χ1v) is 11.0. The van der Waals surface area contributed by atoms with Crippen molar-refractivity contribution in [3.8, 4) is 11.5 Å². The van der Waals surface area contributed by atoms with Crippen molar-refractivity contribution in [2.75, 3.05) is 20.8 Å². The van der Waals surface area contributed by atoms with E-state index in [0.29, 0.717) is 23.7 Å². The van der Waals surface area contributed by atoms with Crippen molar-refractivity contribution in [1.29, 1.82) is 0 Å². The van der Waals surface area contributed by atoms with Crippen molar-refractivity contribution < 1.29 is 29.0 Å². The third-order valence-electron chi connectivity index (χ3n) is 5.45. The molecule has 31 heavy (non-hydrogen) atoms. The number of ether oxygens (including phenoxy) is 2. The van der Waals surface area contributed by atoms with Crippen LogP contribution in [-0.4, -0.2) is 43.4 Å². The molecule has 0 spiro atoms. The van der Waals surface area contributed by atoms with Crippen LogP contribution >= 0.6 is 0 Å². The highest BCUT2D eigenvalue weighted by Gasteiger charge is 2.31. The number of rotatable bonds is 15. The van der Waals surface area contributed by atoms with Gasteiger partial charge >= 0.3 is 5.97 Å². The fourth-order valence-electron chi connectivity index (χ4n) is 3.77. The SMILES string of the molecule is COc1ccc(OC)c2c1C(=O)C=C(NCCCCCCCCCCCC(=O)O)C2=O. The van der Waals surface area contributed by atoms with Gasteiger partial charge in [-0.3, -0.25) is 14.4 Å². The summed E-state index contributed by atoms with van der Waals surface area (Å²) in [7, 11) is 2.94. The number of ketones is 2. The van der Waals surface area contributed by atoms with E-state index in [9.17, 15) is 14.4 Å². The first-order valence-electron chi connectivity index (χ1n) is 11.0. The molecule has 7 heteroatoms. The van der Waals surface area contributed by atoms with E-state index in [4.69, 9.17) is 14.6 Å². The van der Waals surface area contributed by atoms with E-state index < -0.39 is 5.97 Å². The van der Waals surface area contributed by atoms with Gasteiger partial charge < -0.3 is 19.9 Å². The lowest BCUT2D eigenvalue weighted by molar-refractivity contribution is -0.137. The molecule has 1 aliphatic rings. The Hall–Kier alpha value is -2.83. The summed E-state index contributed by atoms with van der Waals surface area (Å²) < 4.78 is 10.5. The van der Waals surface area contributed by atoms with E-state index in [1.807, 2.05) is 0 Å². The molecule has 1 aromatic rings. The van der Waals surface area contributed by atoms with Crippen LogP contribution in [0.3, 0.4) is 0 Å². The van der Waals surface area contributed by atoms with Crippen molar-refractivity contribution in [2.45, 2.75) is 64.2 Å². The third kappa shape index (κ3) is 7.12. The zero-order valence-corrected chi connectivity index (χ0v) is 18.5. The average Bonchev–Trinajstić information content (AvgIpc) is 2.76. The second-order valence-electron chi connectivity index (χ2n) is 7.72. The molecule has 0 radical (unpaired) electrons. The molecule has 170 valence electrons. The Balaban J connectivity index is 1.70. The van der Waals surface area contributed by atoms with Gasteiger partial charge in [-0.15, -0.1) is 0 Å². The molecule has 1 aliphatic carbocycles. The summed E-state index contributed by atoms with van der Waals surface area (Å²) in [5.41, 5.74) is 0.797. The number of hydrogen-bond donors (Lipinski definition) is 2. The summed E-state index contributed by atoms with van der Waals surface area (Å²) in [4.78, 5) is 35.9. The Morgan fingerprint density at radius 2 is 1.35 bits per heavy atom. The van der Waals surface area contributed by atoms with Crippen LogP contribution in [-0.2, 0) is 4.79 Å². The van der Waals surface area contributed by atoms with Crippen molar-refractivity contribution in [3.63, 3.8) is 0 Å². The van der Waals surface area contributed by atoms with Crippen molar-refractivity contribution in [2.24, 2.45) is 0 Å². The maximum absolute atomic E-state index is 12.9. The minimum atomic E-state index is -0.716. The molecular weight excluding hydrogens is 398 g/mol. The molecule has 2 rings (SSSR count). The standard InChI is InChI=1S/C24H33NO6/c1-30-19-13-14-20(31-2)23-22(19)18(26)16-17(24(23)29)25-15-11-9-7-5-3-4-6-8-10-12-21(27)28/h13-14,16,25H,3-12,15H2,1-2H3,(H,27,28). The highest BCUT2D eigenvalue weighted by molar-refractivity contribution is 6.26. The largest absolute Gasteiger partial charge is 0.496 e. The molecule has 0 atom stereocenters. The monoisotopic (exact) mass is 431 g/mol. The van der Waals surface area contributed by atoms with Gasteiger partial charge in [-0.05, 0) is 25.0 Å². The smallest absolute Gasteiger partial charge is 0.303 e. The van der Waals surface area contributed by atoms with Gasteiger partial charge in [0.05, 0.1) is 31.0 Å². The fourth-order valence-corrected chi connectivity index (χ4v) is 3.77. The third-order valence-corrected chi connectivity index (χ3v) is 5.45. The second-order valence-corrected chi connectivity index (χ2v) is 7.72. The molecule has 1 aromatic carbocycles. The molecule has 7 nitrogen and oxygen atoms in total. The predicted octanol–water partition coefficient (Wildman–Crippen LogP) is 4.54. The molecule has 0 aromatic heterocycles. The van der Waals surface area contributed by atoms with Crippen LogP contribution in [0.1, 0.15) is 84.9 Å². The topological polar surface area (TPSA) is 102 Å². The number of carbonyl (C=O) groups is 3. The number of benzene rings is 1.